The van der Waals surface area contributed by atoms with Gasteiger partial charge in [-0.15, -0.1) is 0 Å². The average molecular weight is 266 g/mol. The van der Waals surface area contributed by atoms with E-state index in [9.17, 15) is 0 Å². The maximum Gasteiger partial charge on any atom is 0.118 e. The molecule has 0 aliphatic carbocycles. The predicted octanol–water partition coefficient (Wildman–Crippen LogP) is 2.31. The van der Waals surface area contributed by atoms with Crippen LogP contribution in [-0.4, -0.2) is 37.2 Å². The molecule has 1 saturated heterocycles. The third-order valence-electron chi connectivity index (χ3n) is 3.85. The fraction of sp³-hybridized carbons (Fsp3) is 0.733. The highest BCUT2D eigenvalue weighted by atomic mass is 16.5. The van der Waals surface area contributed by atoms with Gasteiger partial charge >= 0.3 is 0 Å². The number of ether oxygens (including phenoxy) is 1. The summed E-state index contributed by atoms with van der Waals surface area (Å²) in [6, 6.07) is 2.69. The number of aryl methyl sites for hydroxylation is 1. The van der Waals surface area contributed by atoms with Crippen LogP contribution in [0.1, 0.15) is 37.4 Å². The topological polar surface area (TPSA) is 37.6 Å². The fourth-order valence-corrected chi connectivity index (χ4v) is 2.71. The first-order chi connectivity index (χ1) is 9.13. The normalized spacial score (nSPS) is 24.8. The summed E-state index contributed by atoms with van der Waals surface area (Å²) in [6.45, 7) is 9.97. The summed E-state index contributed by atoms with van der Waals surface area (Å²) >= 11 is 0. The highest BCUT2D eigenvalue weighted by molar-refractivity contribution is 5.20. The van der Waals surface area contributed by atoms with Gasteiger partial charge in [0.1, 0.15) is 11.5 Å². The summed E-state index contributed by atoms with van der Waals surface area (Å²) in [6.07, 6.45) is 1.44. The second-order valence-electron chi connectivity index (χ2n) is 5.46. The molecule has 2 rings (SSSR count). The number of furan rings is 1. The molecule has 1 aliphatic rings. The Morgan fingerprint density at radius 1 is 1.47 bits per heavy atom. The highest BCUT2D eigenvalue weighted by Gasteiger charge is 2.26. The molecule has 2 atom stereocenters. The summed E-state index contributed by atoms with van der Waals surface area (Å²) < 4.78 is 11.6. The van der Waals surface area contributed by atoms with Crippen LogP contribution in [0.25, 0.3) is 0 Å². The molecular formula is C15H26N2O2. The number of hydrogen-bond acceptors (Lipinski definition) is 4. The number of rotatable bonds is 5. The molecule has 1 N–H and O–H groups in total. The SMILES string of the molecule is CCC1COC(C)CN1Cc1cc(CNC)c(C)o1. The van der Waals surface area contributed by atoms with Gasteiger partial charge in [-0.25, -0.2) is 0 Å². The van der Waals surface area contributed by atoms with E-state index >= 15 is 0 Å². The molecule has 0 saturated carbocycles. The molecule has 1 aromatic heterocycles. The molecule has 1 aliphatic heterocycles. The summed E-state index contributed by atoms with van der Waals surface area (Å²) in [5.74, 6) is 2.09. The number of hydrogen-bond donors (Lipinski definition) is 1. The van der Waals surface area contributed by atoms with E-state index in [1.165, 1.54) is 5.56 Å². The van der Waals surface area contributed by atoms with E-state index in [1.807, 2.05) is 14.0 Å². The van der Waals surface area contributed by atoms with E-state index in [2.05, 4.69) is 30.1 Å². The van der Waals surface area contributed by atoms with Crippen LogP contribution in [0.4, 0.5) is 0 Å². The van der Waals surface area contributed by atoms with Crippen molar-refractivity contribution in [2.75, 3.05) is 20.2 Å². The molecule has 4 nitrogen and oxygen atoms in total. The minimum atomic E-state index is 0.315. The summed E-state index contributed by atoms with van der Waals surface area (Å²) in [4.78, 5) is 2.48. The van der Waals surface area contributed by atoms with Gasteiger partial charge in [0, 0.05) is 24.7 Å². The van der Waals surface area contributed by atoms with Crippen LogP contribution >= 0.6 is 0 Å². The molecule has 2 unspecified atom stereocenters. The molecule has 1 fully saturated rings. The Balaban J connectivity index is 2.04. The van der Waals surface area contributed by atoms with Gasteiger partial charge in [0.15, 0.2) is 0 Å². The van der Waals surface area contributed by atoms with Crippen molar-refractivity contribution in [3.8, 4) is 0 Å². The minimum absolute atomic E-state index is 0.315. The molecule has 0 radical (unpaired) electrons. The fourth-order valence-electron chi connectivity index (χ4n) is 2.71. The molecular weight excluding hydrogens is 240 g/mol. The maximum atomic E-state index is 5.88. The Morgan fingerprint density at radius 2 is 2.26 bits per heavy atom. The van der Waals surface area contributed by atoms with Crippen molar-refractivity contribution in [2.24, 2.45) is 0 Å². The van der Waals surface area contributed by atoms with Gasteiger partial charge in [0.05, 0.1) is 19.3 Å². The summed E-state index contributed by atoms with van der Waals surface area (Å²) in [7, 11) is 1.96. The van der Waals surface area contributed by atoms with E-state index in [0.717, 1.165) is 44.2 Å². The van der Waals surface area contributed by atoms with Crippen molar-refractivity contribution in [2.45, 2.75) is 52.4 Å². The monoisotopic (exact) mass is 266 g/mol. The van der Waals surface area contributed by atoms with Crippen molar-refractivity contribution in [1.82, 2.24) is 10.2 Å². The van der Waals surface area contributed by atoms with Gasteiger partial charge in [-0.05, 0) is 33.4 Å². The number of nitrogens with one attached hydrogen (secondary N) is 1. The van der Waals surface area contributed by atoms with Gasteiger partial charge in [0.2, 0.25) is 0 Å². The smallest absolute Gasteiger partial charge is 0.118 e. The zero-order valence-electron chi connectivity index (χ0n) is 12.5. The molecule has 2 heterocycles. The lowest BCUT2D eigenvalue weighted by molar-refractivity contribution is -0.0611. The van der Waals surface area contributed by atoms with Crippen LogP contribution in [0.5, 0.6) is 0 Å². The standard InChI is InChI=1S/C15H26N2O2/c1-5-14-10-18-11(2)8-17(14)9-15-6-13(7-16-4)12(3)19-15/h6,11,14,16H,5,7-10H2,1-4H3. The first kappa shape index (κ1) is 14.6. The Kier molecular flexibility index (Phi) is 5.02. The molecule has 0 amide bonds. The quantitative estimate of drug-likeness (QED) is 0.887. The summed E-state index contributed by atoms with van der Waals surface area (Å²) in [5.41, 5.74) is 1.26. The van der Waals surface area contributed by atoms with Gasteiger partial charge in [-0.1, -0.05) is 6.92 Å². The van der Waals surface area contributed by atoms with Crippen molar-refractivity contribution in [3.63, 3.8) is 0 Å². The van der Waals surface area contributed by atoms with Crippen LogP contribution in [0.2, 0.25) is 0 Å². The van der Waals surface area contributed by atoms with Crippen LogP contribution in [0, 0.1) is 6.92 Å². The molecule has 4 heteroatoms. The Morgan fingerprint density at radius 3 is 2.95 bits per heavy atom. The molecule has 108 valence electrons. The zero-order valence-corrected chi connectivity index (χ0v) is 12.5. The van der Waals surface area contributed by atoms with E-state index in [4.69, 9.17) is 9.15 Å². The summed E-state index contributed by atoms with van der Waals surface area (Å²) in [5, 5.41) is 3.18. The lowest BCUT2D eigenvalue weighted by Crippen LogP contribution is -2.47. The molecule has 19 heavy (non-hydrogen) atoms. The Bertz CT molecular complexity index is 403. The van der Waals surface area contributed by atoms with Crippen molar-refractivity contribution in [3.05, 3.63) is 23.2 Å². The van der Waals surface area contributed by atoms with Crippen molar-refractivity contribution >= 4 is 0 Å². The molecule has 0 spiro atoms. The second-order valence-corrected chi connectivity index (χ2v) is 5.46. The van der Waals surface area contributed by atoms with Crippen LogP contribution in [0.3, 0.4) is 0 Å². The molecule has 0 bridgehead atoms. The average Bonchev–Trinajstić information content (AvgIpc) is 2.71. The largest absolute Gasteiger partial charge is 0.465 e. The molecule has 0 aromatic carbocycles. The van der Waals surface area contributed by atoms with E-state index < -0.39 is 0 Å². The number of nitrogens with zero attached hydrogens (tertiary/aromatic N) is 1. The number of morpholine rings is 1. The Labute approximate surface area is 116 Å². The van der Waals surface area contributed by atoms with Crippen LogP contribution in [-0.2, 0) is 17.8 Å². The van der Waals surface area contributed by atoms with E-state index in [1.54, 1.807) is 0 Å². The van der Waals surface area contributed by atoms with Crippen molar-refractivity contribution < 1.29 is 9.15 Å². The highest BCUT2D eigenvalue weighted by Crippen LogP contribution is 2.21. The minimum Gasteiger partial charge on any atom is -0.465 e. The van der Waals surface area contributed by atoms with Gasteiger partial charge in [-0.3, -0.25) is 4.90 Å². The van der Waals surface area contributed by atoms with Crippen LogP contribution in [0.15, 0.2) is 10.5 Å². The van der Waals surface area contributed by atoms with Crippen molar-refractivity contribution in [1.29, 1.82) is 0 Å². The first-order valence-corrected chi connectivity index (χ1v) is 7.22. The first-order valence-electron chi connectivity index (χ1n) is 7.22. The third-order valence-corrected chi connectivity index (χ3v) is 3.85. The molecule has 1 aromatic rings. The van der Waals surface area contributed by atoms with Gasteiger partial charge in [-0.2, -0.15) is 0 Å². The predicted molar refractivity (Wildman–Crippen MR) is 76.1 cm³/mol. The van der Waals surface area contributed by atoms with Gasteiger partial charge < -0.3 is 14.5 Å². The van der Waals surface area contributed by atoms with E-state index in [0.29, 0.717) is 12.1 Å². The lowest BCUT2D eigenvalue weighted by atomic mass is 10.1. The Hall–Kier alpha value is -0.840. The second kappa shape index (κ2) is 6.55. The van der Waals surface area contributed by atoms with Crippen LogP contribution < -0.4 is 5.32 Å². The van der Waals surface area contributed by atoms with Gasteiger partial charge in [0.25, 0.3) is 0 Å². The zero-order chi connectivity index (χ0) is 13.8. The lowest BCUT2D eigenvalue weighted by Gasteiger charge is -2.37. The third kappa shape index (κ3) is 3.59. The van der Waals surface area contributed by atoms with E-state index in [-0.39, 0.29) is 0 Å². The maximum absolute atomic E-state index is 5.88.